The molecule has 3 N–H and O–H groups in total. The predicted molar refractivity (Wildman–Crippen MR) is 85.0 cm³/mol. The van der Waals surface area contributed by atoms with Crippen molar-refractivity contribution in [3.63, 3.8) is 0 Å². The number of non-ortho nitro benzene ring substituents is 1. The summed E-state index contributed by atoms with van der Waals surface area (Å²) in [6.45, 7) is 0.435. The molecule has 1 aromatic heterocycles. The number of carbonyl (C=O) groups excluding carboxylic acids is 1. The van der Waals surface area contributed by atoms with Crippen LogP contribution in [0.4, 0.5) is 11.4 Å². The number of carbonyl (C=O) groups is 1. The van der Waals surface area contributed by atoms with Crippen LogP contribution in [0.5, 0.6) is 0 Å². The van der Waals surface area contributed by atoms with E-state index in [0.717, 1.165) is 18.5 Å². The summed E-state index contributed by atoms with van der Waals surface area (Å²) in [6, 6.07) is 9.57. The lowest BCUT2D eigenvalue weighted by Crippen LogP contribution is -2.33. The first-order valence-corrected chi connectivity index (χ1v) is 7.25. The molecular weight excluding hydrogens is 296 g/mol. The van der Waals surface area contributed by atoms with E-state index in [1.165, 1.54) is 18.2 Å². The predicted octanol–water partition coefficient (Wildman–Crippen LogP) is 2.03. The van der Waals surface area contributed by atoms with Gasteiger partial charge in [0, 0.05) is 41.7 Å². The Morgan fingerprint density at radius 2 is 2.13 bits per heavy atom. The molecule has 1 saturated carbocycles. The Bertz CT molecular complexity index is 757. The molecule has 1 aliphatic rings. The molecule has 1 aromatic carbocycles. The van der Waals surface area contributed by atoms with E-state index >= 15 is 0 Å². The molecule has 2 aromatic rings. The number of anilines is 1. The van der Waals surface area contributed by atoms with Gasteiger partial charge in [0.1, 0.15) is 0 Å². The molecule has 23 heavy (non-hydrogen) atoms. The topological polar surface area (TPSA) is 111 Å². The Labute approximate surface area is 132 Å². The lowest BCUT2D eigenvalue weighted by molar-refractivity contribution is -0.384. The molecule has 1 fully saturated rings. The lowest BCUT2D eigenvalue weighted by Gasteiger charge is -2.16. The highest BCUT2D eigenvalue weighted by molar-refractivity contribution is 5.99. The number of aromatic nitrogens is 1. The summed E-state index contributed by atoms with van der Waals surface area (Å²) in [6.07, 6.45) is 3.64. The van der Waals surface area contributed by atoms with Gasteiger partial charge in [0.2, 0.25) is 0 Å². The van der Waals surface area contributed by atoms with E-state index in [4.69, 9.17) is 5.73 Å². The van der Waals surface area contributed by atoms with Gasteiger partial charge in [-0.05, 0) is 31.0 Å². The zero-order valence-electron chi connectivity index (χ0n) is 12.4. The smallest absolute Gasteiger partial charge is 0.270 e. The van der Waals surface area contributed by atoms with Crippen molar-refractivity contribution in [2.24, 2.45) is 0 Å². The van der Waals surface area contributed by atoms with Crippen molar-refractivity contribution in [3.05, 3.63) is 64.0 Å². The van der Waals surface area contributed by atoms with Gasteiger partial charge in [-0.2, -0.15) is 0 Å². The first kappa shape index (κ1) is 15.0. The van der Waals surface area contributed by atoms with Crippen molar-refractivity contribution in [1.29, 1.82) is 0 Å². The third kappa shape index (κ3) is 2.98. The van der Waals surface area contributed by atoms with Crippen molar-refractivity contribution in [2.45, 2.75) is 18.3 Å². The number of nitrogens with one attached hydrogen (secondary N) is 1. The van der Waals surface area contributed by atoms with Gasteiger partial charge in [-0.3, -0.25) is 19.9 Å². The minimum atomic E-state index is -0.549. The fourth-order valence-corrected chi connectivity index (χ4v) is 2.55. The van der Waals surface area contributed by atoms with E-state index in [-0.39, 0.29) is 22.4 Å². The van der Waals surface area contributed by atoms with Gasteiger partial charge in [-0.15, -0.1) is 0 Å². The van der Waals surface area contributed by atoms with E-state index in [9.17, 15) is 14.9 Å². The van der Waals surface area contributed by atoms with E-state index in [0.29, 0.717) is 6.54 Å². The molecule has 0 saturated heterocycles. The van der Waals surface area contributed by atoms with Gasteiger partial charge in [0.25, 0.3) is 11.6 Å². The summed E-state index contributed by atoms with van der Waals surface area (Å²) in [5, 5.41) is 13.6. The average Bonchev–Trinajstić information content (AvgIpc) is 3.35. The molecule has 118 valence electrons. The SMILES string of the molecule is Nc1ccc([N+](=O)[O-])cc1C(=O)NCC1(c2ccccn2)CC1. The Hall–Kier alpha value is -2.96. The van der Waals surface area contributed by atoms with Crippen LogP contribution in [-0.2, 0) is 5.41 Å². The first-order valence-electron chi connectivity index (χ1n) is 7.25. The number of nitrogens with two attached hydrogens (primary N) is 1. The monoisotopic (exact) mass is 312 g/mol. The Kier molecular flexibility index (Phi) is 3.69. The Morgan fingerprint density at radius 1 is 1.35 bits per heavy atom. The van der Waals surface area contributed by atoms with Gasteiger partial charge >= 0.3 is 0 Å². The maximum absolute atomic E-state index is 12.3. The second-order valence-corrected chi connectivity index (χ2v) is 5.71. The number of benzene rings is 1. The highest BCUT2D eigenvalue weighted by atomic mass is 16.6. The summed E-state index contributed by atoms with van der Waals surface area (Å²) >= 11 is 0. The number of amides is 1. The van der Waals surface area contributed by atoms with Crippen molar-refractivity contribution in [1.82, 2.24) is 10.3 Å². The Balaban J connectivity index is 1.73. The second-order valence-electron chi connectivity index (χ2n) is 5.71. The van der Waals surface area contributed by atoms with Crippen LogP contribution in [0.2, 0.25) is 0 Å². The van der Waals surface area contributed by atoms with Crippen LogP contribution in [0.3, 0.4) is 0 Å². The second kappa shape index (κ2) is 5.68. The molecule has 0 spiro atoms. The number of nitrogen functional groups attached to an aromatic ring is 1. The van der Waals surface area contributed by atoms with Crippen LogP contribution < -0.4 is 11.1 Å². The van der Waals surface area contributed by atoms with Crippen LogP contribution in [0, 0.1) is 10.1 Å². The van der Waals surface area contributed by atoms with Gasteiger partial charge in [-0.25, -0.2) is 0 Å². The number of rotatable bonds is 5. The van der Waals surface area contributed by atoms with Crippen LogP contribution in [0.25, 0.3) is 0 Å². The molecule has 7 heteroatoms. The van der Waals surface area contributed by atoms with Crippen LogP contribution in [-0.4, -0.2) is 22.4 Å². The molecule has 1 aliphatic carbocycles. The van der Waals surface area contributed by atoms with E-state index in [2.05, 4.69) is 10.3 Å². The Morgan fingerprint density at radius 3 is 2.74 bits per heavy atom. The number of hydrogen-bond acceptors (Lipinski definition) is 5. The fourth-order valence-electron chi connectivity index (χ4n) is 2.55. The highest BCUT2D eigenvalue weighted by Gasteiger charge is 2.45. The minimum Gasteiger partial charge on any atom is -0.398 e. The van der Waals surface area contributed by atoms with Crippen molar-refractivity contribution in [2.75, 3.05) is 12.3 Å². The molecule has 1 heterocycles. The summed E-state index contributed by atoms with van der Waals surface area (Å²) < 4.78 is 0. The fraction of sp³-hybridized carbons (Fsp3) is 0.250. The van der Waals surface area contributed by atoms with Crippen molar-refractivity contribution < 1.29 is 9.72 Å². The first-order chi connectivity index (χ1) is 11.0. The minimum absolute atomic E-state index is 0.121. The molecule has 0 aliphatic heterocycles. The maximum Gasteiger partial charge on any atom is 0.270 e. The number of hydrogen-bond donors (Lipinski definition) is 2. The standard InChI is InChI=1S/C16H16N4O3/c17-13-5-4-11(20(22)23)9-12(13)15(21)19-10-16(6-7-16)14-3-1-2-8-18-14/h1-5,8-9H,6-7,10,17H2,(H,19,21). The molecule has 0 bridgehead atoms. The van der Waals surface area contributed by atoms with Gasteiger partial charge < -0.3 is 11.1 Å². The number of nitro benzene ring substituents is 1. The summed E-state index contributed by atoms with van der Waals surface area (Å²) in [5.41, 5.74) is 6.76. The molecule has 0 unspecified atom stereocenters. The zero-order valence-corrected chi connectivity index (χ0v) is 12.4. The number of nitrogens with zero attached hydrogens (tertiary/aromatic N) is 2. The van der Waals surface area contributed by atoms with Crippen molar-refractivity contribution in [3.8, 4) is 0 Å². The molecule has 7 nitrogen and oxygen atoms in total. The lowest BCUT2D eigenvalue weighted by atomic mass is 10.0. The van der Waals surface area contributed by atoms with Crippen LogP contribution >= 0.6 is 0 Å². The number of nitro groups is 1. The third-order valence-electron chi connectivity index (χ3n) is 4.14. The van der Waals surface area contributed by atoms with Gasteiger partial charge in [-0.1, -0.05) is 6.07 Å². The van der Waals surface area contributed by atoms with E-state index in [1.807, 2.05) is 18.2 Å². The summed E-state index contributed by atoms with van der Waals surface area (Å²) in [7, 11) is 0. The quantitative estimate of drug-likeness (QED) is 0.498. The molecule has 3 rings (SSSR count). The average molecular weight is 312 g/mol. The largest absolute Gasteiger partial charge is 0.398 e. The normalized spacial score (nSPS) is 15.0. The highest BCUT2D eigenvalue weighted by Crippen LogP contribution is 2.46. The van der Waals surface area contributed by atoms with E-state index in [1.54, 1.807) is 6.20 Å². The van der Waals surface area contributed by atoms with E-state index < -0.39 is 10.8 Å². The van der Waals surface area contributed by atoms with Gasteiger partial charge in [0.05, 0.1) is 10.5 Å². The summed E-state index contributed by atoms with van der Waals surface area (Å²) in [5.74, 6) is -0.409. The zero-order chi connectivity index (χ0) is 16.4. The molecule has 0 radical (unpaired) electrons. The molecule has 1 amide bonds. The van der Waals surface area contributed by atoms with Crippen LogP contribution in [0.15, 0.2) is 42.6 Å². The third-order valence-corrected chi connectivity index (χ3v) is 4.14. The van der Waals surface area contributed by atoms with Crippen molar-refractivity contribution >= 4 is 17.3 Å². The maximum atomic E-state index is 12.3. The molecule has 0 atom stereocenters. The van der Waals surface area contributed by atoms with Gasteiger partial charge in [0.15, 0.2) is 0 Å². The summed E-state index contributed by atoms with van der Waals surface area (Å²) in [4.78, 5) is 26.9. The molecular formula is C16H16N4O3. The van der Waals surface area contributed by atoms with Crippen LogP contribution in [0.1, 0.15) is 28.9 Å². The number of pyridine rings is 1.